The van der Waals surface area contributed by atoms with E-state index in [2.05, 4.69) is 15.6 Å². The minimum Gasteiger partial charge on any atom is -0.398 e. The van der Waals surface area contributed by atoms with Gasteiger partial charge in [-0.1, -0.05) is 30.3 Å². The Morgan fingerprint density at radius 1 is 1.47 bits per heavy atom. The topological polar surface area (TPSA) is 126 Å². The number of amidine groups is 1. The number of nitrogens with one attached hydrogen (secondary N) is 3. The first-order valence-corrected chi connectivity index (χ1v) is 9.80. The molecule has 2 aromatic rings. The molecule has 1 fully saturated rings. The molecule has 1 saturated heterocycles. The Morgan fingerprint density at radius 2 is 2.23 bits per heavy atom. The Kier molecular flexibility index (Phi) is 7.21. The second-order valence-electron chi connectivity index (χ2n) is 7.15. The summed E-state index contributed by atoms with van der Waals surface area (Å²) in [5, 5.41) is 14.0. The minimum atomic E-state index is -0.419. The molecule has 2 amide bonds. The van der Waals surface area contributed by atoms with Gasteiger partial charge in [-0.05, 0) is 12.5 Å². The molecule has 0 bridgehead atoms. The summed E-state index contributed by atoms with van der Waals surface area (Å²) in [5.74, 6) is 0.608. The van der Waals surface area contributed by atoms with Gasteiger partial charge in [0.2, 0.25) is 0 Å². The van der Waals surface area contributed by atoms with Crippen molar-refractivity contribution >= 4 is 23.4 Å². The number of ether oxygens (including phenoxy) is 2. The van der Waals surface area contributed by atoms with Gasteiger partial charge in [0.05, 0.1) is 30.9 Å². The molecule has 1 aliphatic heterocycles. The number of benzene rings is 1. The molecule has 0 spiro atoms. The molecule has 9 nitrogen and oxygen atoms in total. The molecule has 2 heterocycles. The average Bonchev–Trinajstić information content (AvgIpc) is 2.74. The second kappa shape index (κ2) is 10.0. The molecule has 166 valence electrons. The van der Waals surface area contributed by atoms with Crippen LogP contribution in [0.15, 0.2) is 42.6 Å². The van der Waals surface area contributed by atoms with E-state index < -0.39 is 6.03 Å². The largest absolute Gasteiger partial charge is 0.398 e. The summed E-state index contributed by atoms with van der Waals surface area (Å²) < 4.78 is 10.7. The van der Waals surface area contributed by atoms with Crippen molar-refractivity contribution in [1.82, 2.24) is 15.2 Å². The number of hydrogen-bond donors (Lipinski definition) is 4. The van der Waals surface area contributed by atoms with Crippen LogP contribution in [0.4, 0.5) is 16.3 Å². The summed E-state index contributed by atoms with van der Waals surface area (Å²) in [4.78, 5) is 18.6. The maximum absolute atomic E-state index is 12.5. The van der Waals surface area contributed by atoms with Crippen molar-refractivity contribution < 1.29 is 18.5 Å². The fraction of sp³-hybridized carbons (Fsp3) is 0.381. The molecule has 3 rings (SSSR count). The lowest BCUT2D eigenvalue weighted by atomic mass is 10.1. The van der Waals surface area contributed by atoms with Crippen molar-refractivity contribution in [3.8, 4) is 0 Å². The van der Waals surface area contributed by atoms with Gasteiger partial charge in [0.25, 0.3) is 0 Å². The molecular weight excluding hydrogens is 384 g/mol. The predicted octanol–water partition coefficient (Wildman–Crippen LogP) is 2.96. The number of amides is 2. The monoisotopic (exact) mass is 418 g/mol. The van der Waals surface area contributed by atoms with Crippen LogP contribution in [0.2, 0.25) is 0 Å². The highest BCUT2D eigenvalue weighted by Gasteiger charge is 2.22. The van der Waals surface area contributed by atoms with E-state index in [4.69, 9.17) is 20.6 Å². The first-order valence-electron chi connectivity index (χ1n) is 9.80. The number of nitrogens with zero attached hydrogens (tertiary/aromatic N) is 2. The lowest BCUT2D eigenvalue weighted by molar-refractivity contribution is 0.00573. The number of hydrogen-bond acceptors (Lipinski definition) is 6. The number of anilines is 2. The minimum absolute atomic E-state index is 0. The third-order valence-corrected chi connectivity index (χ3v) is 4.83. The number of aromatic nitrogens is 1. The van der Waals surface area contributed by atoms with Crippen molar-refractivity contribution in [2.45, 2.75) is 19.1 Å². The van der Waals surface area contributed by atoms with Crippen LogP contribution in [0.5, 0.6) is 0 Å². The zero-order valence-electron chi connectivity index (χ0n) is 17.2. The Bertz CT molecular complexity index is 891. The fourth-order valence-electron chi connectivity index (χ4n) is 3.31. The molecule has 1 aromatic heterocycles. The van der Waals surface area contributed by atoms with E-state index in [1.165, 1.54) is 6.20 Å². The van der Waals surface area contributed by atoms with Gasteiger partial charge in [0, 0.05) is 42.4 Å². The quantitative estimate of drug-likeness (QED) is 0.422. The third kappa shape index (κ3) is 5.46. The fourth-order valence-corrected chi connectivity index (χ4v) is 3.31. The van der Waals surface area contributed by atoms with Crippen LogP contribution >= 0.6 is 0 Å². The SMILES string of the molecule is COC[C@@H](NC(=O)Nc1cc(N)c(C(=N)N2CCOC(C)C2)cn1)c1ccccc1.[HH].[HH].[HH]. The number of morpholine rings is 1. The average molecular weight is 419 g/mol. The van der Waals surface area contributed by atoms with E-state index in [9.17, 15) is 4.79 Å². The number of rotatable bonds is 6. The summed E-state index contributed by atoms with van der Waals surface area (Å²) in [6.45, 7) is 4.13. The van der Waals surface area contributed by atoms with Gasteiger partial charge in [-0.25, -0.2) is 9.78 Å². The molecule has 1 aliphatic rings. The van der Waals surface area contributed by atoms with Gasteiger partial charge in [0.15, 0.2) is 0 Å². The van der Waals surface area contributed by atoms with Crippen molar-refractivity contribution in [1.29, 1.82) is 5.41 Å². The van der Waals surface area contributed by atoms with E-state index in [1.54, 1.807) is 13.2 Å². The summed E-state index contributed by atoms with van der Waals surface area (Å²) in [5.41, 5.74) is 7.99. The Hall–Kier alpha value is -3.17. The summed E-state index contributed by atoms with van der Waals surface area (Å²) >= 11 is 0. The number of pyridine rings is 1. The highest BCUT2D eigenvalue weighted by molar-refractivity contribution is 6.01. The number of carbonyl (C=O) groups is 1. The summed E-state index contributed by atoms with van der Waals surface area (Å²) in [7, 11) is 1.58. The highest BCUT2D eigenvalue weighted by Crippen LogP contribution is 2.19. The van der Waals surface area contributed by atoms with Crippen LogP contribution in [0.3, 0.4) is 0 Å². The van der Waals surface area contributed by atoms with E-state index in [0.29, 0.717) is 49.2 Å². The van der Waals surface area contributed by atoms with Crippen molar-refractivity contribution in [3.63, 3.8) is 0 Å². The molecule has 9 heteroatoms. The molecule has 2 atom stereocenters. The van der Waals surface area contributed by atoms with Crippen LogP contribution < -0.4 is 16.4 Å². The van der Waals surface area contributed by atoms with Crippen molar-refractivity contribution in [2.75, 3.05) is 44.5 Å². The van der Waals surface area contributed by atoms with Crippen LogP contribution in [0.25, 0.3) is 0 Å². The van der Waals surface area contributed by atoms with E-state index in [1.807, 2.05) is 42.2 Å². The van der Waals surface area contributed by atoms with Gasteiger partial charge < -0.3 is 25.4 Å². The molecule has 5 N–H and O–H groups in total. The van der Waals surface area contributed by atoms with Gasteiger partial charge in [0.1, 0.15) is 11.7 Å². The summed E-state index contributed by atoms with van der Waals surface area (Å²) in [6.07, 6.45) is 1.57. The Labute approximate surface area is 180 Å². The van der Waals surface area contributed by atoms with E-state index >= 15 is 0 Å². The first kappa shape index (κ1) is 21.5. The number of carbonyl (C=O) groups excluding carboxylic acids is 1. The smallest absolute Gasteiger partial charge is 0.320 e. The van der Waals surface area contributed by atoms with Crippen LogP contribution in [-0.2, 0) is 9.47 Å². The molecule has 0 aliphatic carbocycles. The molecule has 1 unspecified atom stereocenters. The van der Waals surface area contributed by atoms with Gasteiger partial charge in [-0.15, -0.1) is 0 Å². The second-order valence-corrected chi connectivity index (χ2v) is 7.15. The number of nitrogen functional groups attached to an aromatic ring is 1. The summed E-state index contributed by atoms with van der Waals surface area (Å²) in [6, 6.07) is 10.4. The molecular formula is C21H34N6O3. The van der Waals surface area contributed by atoms with E-state index in [-0.39, 0.29) is 16.4 Å². The first-order chi connectivity index (χ1) is 14.5. The molecule has 30 heavy (non-hydrogen) atoms. The number of nitrogens with two attached hydrogens (primary N) is 1. The van der Waals surface area contributed by atoms with Crippen molar-refractivity contribution in [3.05, 3.63) is 53.7 Å². The van der Waals surface area contributed by atoms with Gasteiger partial charge in [-0.3, -0.25) is 10.7 Å². The van der Waals surface area contributed by atoms with Crippen molar-refractivity contribution in [2.24, 2.45) is 0 Å². The highest BCUT2D eigenvalue weighted by atomic mass is 16.5. The Morgan fingerprint density at radius 3 is 2.90 bits per heavy atom. The Balaban J connectivity index is 0.00000341. The maximum atomic E-state index is 12.5. The van der Waals surface area contributed by atoms with Gasteiger partial charge >= 0.3 is 6.03 Å². The lowest BCUT2D eigenvalue weighted by Gasteiger charge is -2.33. The lowest BCUT2D eigenvalue weighted by Crippen LogP contribution is -2.44. The van der Waals surface area contributed by atoms with Gasteiger partial charge in [-0.2, -0.15) is 0 Å². The number of methoxy groups -OCH3 is 1. The zero-order chi connectivity index (χ0) is 21.5. The van der Waals surface area contributed by atoms with Crippen LogP contribution in [-0.4, -0.2) is 61.3 Å². The normalized spacial score (nSPS) is 17.3. The molecule has 0 radical (unpaired) electrons. The maximum Gasteiger partial charge on any atom is 0.320 e. The van der Waals surface area contributed by atoms with E-state index in [0.717, 1.165) is 5.56 Å². The van der Waals surface area contributed by atoms with Crippen LogP contribution in [0.1, 0.15) is 28.4 Å². The predicted molar refractivity (Wildman–Crippen MR) is 122 cm³/mol. The zero-order valence-corrected chi connectivity index (χ0v) is 17.2. The standard InChI is InChI=1S/C21H28N6O3.3H2/c1-14-12-27(8-9-30-14)20(23)16-11-24-19(10-17(16)22)26-21(28)25-18(13-29-2)15-6-4-3-5-7-15;;;/h3-7,10-11,14,18,23H,8-9,12-13H2,1-2H3,(H4,22,24,25,26,28);3*1H/t14?,18-;;;/m1.../s1. The van der Waals surface area contributed by atoms with Crippen LogP contribution in [0, 0.1) is 5.41 Å². The number of urea groups is 1. The third-order valence-electron chi connectivity index (χ3n) is 4.83. The molecule has 1 aromatic carbocycles. The molecule has 0 saturated carbocycles.